The molecular weight excluding hydrogens is 348 g/mol. The van der Waals surface area contributed by atoms with Gasteiger partial charge in [0.15, 0.2) is 0 Å². The molecule has 3 aromatic carbocycles. The second-order valence-electron chi connectivity index (χ2n) is 5.80. The van der Waals surface area contributed by atoms with Crippen molar-refractivity contribution >= 4 is 29.0 Å². The summed E-state index contributed by atoms with van der Waals surface area (Å²) in [4.78, 5) is 12.3. The van der Waals surface area contributed by atoms with Crippen molar-refractivity contribution in [3.05, 3.63) is 83.4 Å². The molecule has 0 saturated heterocycles. The number of aliphatic hydroxyl groups excluding tert-OH is 1. The number of hydrogen-bond acceptors (Lipinski definition) is 2. The standard InChI is InChI=1S/C21H19ClN2O2/c22-18-8-3-6-16(13-18)17-7-4-9-19(14-17)23-21(26)24-20-10-2-1-5-15(20)11-12-25/h1-10,13-14,25H,11-12H2,(H2,23,24,26). The predicted molar refractivity (Wildman–Crippen MR) is 107 cm³/mol. The number of carbonyl (C=O) groups is 1. The fourth-order valence-corrected chi connectivity index (χ4v) is 2.90. The van der Waals surface area contributed by atoms with Crippen LogP contribution in [0.2, 0.25) is 5.02 Å². The maximum Gasteiger partial charge on any atom is 0.323 e. The van der Waals surface area contributed by atoms with Gasteiger partial charge in [-0.05, 0) is 53.4 Å². The fourth-order valence-electron chi connectivity index (χ4n) is 2.71. The molecule has 3 aromatic rings. The average molecular weight is 367 g/mol. The molecule has 0 aliphatic rings. The molecule has 2 amide bonds. The first-order valence-corrected chi connectivity index (χ1v) is 8.66. The summed E-state index contributed by atoms with van der Waals surface area (Å²) >= 11 is 6.05. The van der Waals surface area contributed by atoms with Crippen molar-refractivity contribution in [2.24, 2.45) is 0 Å². The quantitative estimate of drug-likeness (QED) is 0.582. The fraction of sp³-hybridized carbons (Fsp3) is 0.0952. The first-order chi connectivity index (χ1) is 12.7. The molecule has 0 saturated carbocycles. The van der Waals surface area contributed by atoms with Crippen LogP contribution in [0.5, 0.6) is 0 Å². The van der Waals surface area contributed by atoms with Crippen molar-refractivity contribution in [1.29, 1.82) is 0 Å². The SMILES string of the molecule is O=C(Nc1cccc(-c2cccc(Cl)c2)c1)Nc1ccccc1CCO. The normalized spacial score (nSPS) is 10.4. The third-order valence-corrected chi connectivity index (χ3v) is 4.16. The van der Waals surface area contributed by atoms with Gasteiger partial charge in [0, 0.05) is 23.0 Å². The molecule has 4 nitrogen and oxygen atoms in total. The molecule has 3 N–H and O–H groups in total. The molecule has 0 aliphatic heterocycles. The van der Waals surface area contributed by atoms with Crippen LogP contribution in [0.4, 0.5) is 16.2 Å². The number of benzene rings is 3. The van der Waals surface area contributed by atoms with Crippen molar-refractivity contribution in [2.45, 2.75) is 6.42 Å². The molecule has 0 spiro atoms. The lowest BCUT2D eigenvalue weighted by Crippen LogP contribution is -2.20. The van der Waals surface area contributed by atoms with E-state index in [9.17, 15) is 4.79 Å². The van der Waals surface area contributed by atoms with Gasteiger partial charge in [0.1, 0.15) is 0 Å². The molecule has 0 heterocycles. The van der Waals surface area contributed by atoms with E-state index in [1.807, 2.05) is 72.8 Å². The third kappa shape index (κ3) is 4.63. The summed E-state index contributed by atoms with van der Waals surface area (Å²) in [6.45, 7) is 0.0298. The molecule has 26 heavy (non-hydrogen) atoms. The summed E-state index contributed by atoms with van der Waals surface area (Å²) in [5.41, 5.74) is 4.20. The summed E-state index contributed by atoms with van der Waals surface area (Å²) in [7, 11) is 0. The van der Waals surface area contributed by atoms with Crippen LogP contribution in [0, 0.1) is 0 Å². The summed E-state index contributed by atoms with van der Waals surface area (Å²) < 4.78 is 0. The van der Waals surface area contributed by atoms with Crippen LogP contribution in [-0.2, 0) is 6.42 Å². The molecular formula is C21H19ClN2O2. The molecule has 0 unspecified atom stereocenters. The Morgan fingerprint density at radius 2 is 1.62 bits per heavy atom. The summed E-state index contributed by atoms with van der Waals surface area (Å²) in [6, 6.07) is 22.2. The molecule has 0 aromatic heterocycles. The van der Waals surface area contributed by atoms with Crippen LogP contribution in [0.15, 0.2) is 72.8 Å². The van der Waals surface area contributed by atoms with Crippen molar-refractivity contribution in [2.75, 3.05) is 17.2 Å². The number of halogens is 1. The second-order valence-corrected chi connectivity index (χ2v) is 6.24. The van der Waals surface area contributed by atoms with E-state index in [2.05, 4.69) is 10.6 Å². The maximum absolute atomic E-state index is 12.3. The number of carbonyl (C=O) groups excluding carboxylic acids is 1. The van der Waals surface area contributed by atoms with Crippen LogP contribution in [0.1, 0.15) is 5.56 Å². The van der Waals surface area contributed by atoms with Crippen molar-refractivity contribution in [3.63, 3.8) is 0 Å². The highest BCUT2D eigenvalue weighted by Gasteiger charge is 2.07. The van der Waals surface area contributed by atoms with Crippen LogP contribution >= 0.6 is 11.6 Å². The van der Waals surface area contributed by atoms with Gasteiger partial charge >= 0.3 is 6.03 Å². The Hall–Kier alpha value is -2.82. The third-order valence-electron chi connectivity index (χ3n) is 3.93. The van der Waals surface area contributed by atoms with E-state index in [0.29, 0.717) is 22.8 Å². The van der Waals surface area contributed by atoms with Gasteiger partial charge in [0.25, 0.3) is 0 Å². The smallest absolute Gasteiger partial charge is 0.323 e. The van der Waals surface area contributed by atoms with Crippen LogP contribution in [-0.4, -0.2) is 17.7 Å². The van der Waals surface area contributed by atoms with E-state index in [-0.39, 0.29) is 12.6 Å². The van der Waals surface area contributed by atoms with Gasteiger partial charge < -0.3 is 15.7 Å². The van der Waals surface area contributed by atoms with Gasteiger partial charge in [-0.1, -0.05) is 54.1 Å². The first kappa shape index (κ1) is 18.0. The van der Waals surface area contributed by atoms with E-state index in [1.165, 1.54) is 0 Å². The minimum atomic E-state index is -0.335. The number of aliphatic hydroxyl groups is 1. The highest BCUT2D eigenvalue weighted by molar-refractivity contribution is 6.30. The summed E-state index contributed by atoms with van der Waals surface area (Å²) in [5, 5.41) is 15.5. The minimum absolute atomic E-state index is 0.0298. The van der Waals surface area contributed by atoms with Crippen LogP contribution in [0.3, 0.4) is 0 Å². The highest BCUT2D eigenvalue weighted by atomic mass is 35.5. The molecule has 5 heteroatoms. The molecule has 0 atom stereocenters. The molecule has 132 valence electrons. The number of hydrogen-bond donors (Lipinski definition) is 3. The molecule has 0 fully saturated rings. The number of nitrogens with one attached hydrogen (secondary N) is 2. The lowest BCUT2D eigenvalue weighted by atomic mass is 10.1. The maximum atomic E-state index is 12.3. The lowest BCUT2D eigenvalue weighted by molar-refractivity contribution is 0.262. The van der Waals surface area contributed by atoms with E-state index >= 15 is 0 Å². The lowest BCUT2D eigenvalue weighted by Gasteiger charge is -2.12. The Kier molecular flexibility index (Phi) is 5.89. The summed E-state index contributed by atoms with van der Waals surface area (Å²) in [5.74, 6) is 0. The zero-order valence-electron chi connectivity index (χ0n) is 14.1. The number of amides is 2. The Morgan fingerprint density at radius 1 is 0.885 bits per heavy atom. The Morgan fingerprint density at radius 3 is 2.38 bits per heavy atom. The Labute approximate surface area is 157 Å². The molecule has 0 aliphatic carbocycles. The minimum Gasteiger partial charge on any atom is -0.396 e. The molecule has 0 radical (unpaired) electrons. The van der Waals surface area contributed by atoms with E-state index in [0.717, 1.165) is 16.7 Å². The van der Waals surface area contributed by atoms with Crippen molar-refractivity contribution in [1.82, 2.24) is 0 Å². The Balaban J connectivity index is 1.73. The van der Waals surface area contributed by atoms with E-state index < -0.39 is 0 Å². The zero-order chi connectivity index (χ0) is 18.4. The Bertz CT molecular complexity index is 912. The van der Waals surface area contributed by atoms with Gasteiger partial charge in [-0.3, -0.25) is 0 Å². The first-order valence-electron chi connectivity index (χ1n) is 8.28. The van der Waals surface area contributed by atoms with Gasteiger partial charge in [-0.15, -0.1) is 0 Å². The van der Waals surface area contributed by atoms with Crippen molar-refractivity contribution in [3.8, 4) is 11.1 Å². The zero-order valence-corrected chi connectivity index (χ0v) is 14.8. The number of para-hydroxylation sites is 1. The van der Waals surface area contributed by atoms with Crippen LogP contribution in [0.25, 0.3) is 11.1 Å². The van der Waals surface area contributed by atoms with Gasteiger partial charge in [0.2, 0.25) is 0 Å². The molecule has 0 bridgehead atoms. The highest BCUT2D eigenvalue weighted by Crippen LogP contribution is 2.25. The van der Waals surface area contributed by atoms with Gasteiger partial charge in [-0.2, -0.15) is 0 Å². The number of rotatable bonds is 5. The number of urea groups is 1. The molecule has 3 rings (SSSR count). The van der Waals surface area contributed by atoms with Gasteiger partial charge in [0.05, 0.1) is 0 Å². The second kappa shape index (κ2) is 8.52. The summed E-state index contributed by atoms with van der Waals surface area (Å²) in [6.07, 6.45) is 0.487. The van der Waals surface area contributed by atoms with Gasteiger partial charge in [-0.25, -0.2) is 4.79 Å². The largest absolute Gasteiger partial charge is 0.396 e. The topological polar surface area (TPSA) is 61.4 Å². The average Bonchev–Trinajstić information content (AvgIpc) is 2.64. The monoisotopic (exact) mass is 366 g/mol. The van der Waals surface area contributed by atoms with E-state index in [1.54, 1.807) is 0 Å². The van der Waals surface area contributed by atoms with Crippen LogP contribution < -0.4 is 10.6 Å². The predicted octanol–water partition coefficient (Wildman–Crippen LogP) is 5.19. The van der Waals surface area contributed by atoms with E-state index in [4.69, 9.17) is 16.7 Å². The van der Waals surface area contributed by atoms with Crippen molar-refractivity contribution < 1.29 is 9.90 Å². The number of anilines is 2.